The Morgan fingerprint density at radius 1 is 1.29 bits per heavy atom. The van der Waals surface area contributed by atoms with E-state index < -0.39 is 5.79 Å². The van der Waals surface area contributed by atoms with Crippen molar-refractivity contribution in [2.45, 2.75) is 18.6 Å². The lowest BCUT2D eigenvalue weighted by atomic mass is 10.0. The molecule has 0 aromatic carbocycles. The molecule has 1 aliphatic rings. The zero-order chi connectivity index (χ0) is 10.6. The summed E-state index contributed by atoms with van der Waals surface area (Å²) < 4.78 is 10.6. The van der Waals surface area contributed by atoms with Gasteiger partial charge in [0.25, 0.3) is 0 Å². The van der Waals surface area contributed by atoms with Crippen LogP contribution in [0.5, 0.6) is 0 Å². The van der Waals surface area contributed by atoms with E-state index in [4.69, 9.17) is 9.47 Å². The third-order valence-corrected chi connectivity index (χ3v) is 2.77. The first-order chi connectivity index (χ1) is 6.67. The third-order valence-electron chi connectivity index (χ3n) is 2.77. The number of amides is 2. The summed E-state index contributed by atoms with van der Waals surface area (Å²) in [7, 11) is 4.91. The molecule has 1 saturated heterocycles. The topological polar surface area (TPSA) is 50.8 Å². The number of piperidine rings is 1. The van der Waals surface area contributed by atoms with Gasteiger partial charge in [-0.15, -0.1) is 0 Å². The van der Waals surface area contributed by atoms with Gasteiger partial charge in [0.15, 0.2) is 5.79 Å². The number of urea groups is 1. The molecule has 1 aliphatic heterocycles. The number of nitrogens with one attached hydrogen (secondary N) is 1. The molecule has 0 aliphatic carbocycles. The Morgan fingerprint density at radius 2 is 1.79 bits per heavy atom. The van der Waals surface area contributed by atoms with Crippen LogP contribution in [-0.4, -0.2) is 51.1 Å². The van der Waals surface area contributed by atoms with Gasteiger partial charge >= 0.3 is 6.03 Å². The lowest BCUT2D eigenvalue weighted by molar-refractivity contribution is -0.226. The van der Waals surface area contributed by atoms with Crippen molar-refractivity contribution in [1.82, 2.24) is 10.2 Å². The average Bonchev–Trinajstić information content (AvgIpc) is 2.28. The molecule has 0 radical (unpaired) electrons. The molecule has 2 amide bonds. The fraction of sp³-hybridized carbons (Fsp3) is 0.889. The molecule has 1 fully saturated rings. The van der Waals surface area contributed by atoms with E-state index in [-0.39, 0.29) is 6.03 Å². The van der Waals surface area contributed by atoms with Crippen molar-refractivity contribution in [2.75, 3.05) is 34.4 Å². The Labute approximate surface area is 84.4 Å². The monoisotopic (exact) mass is 202 g/mol. The lowest BCUT2D eigenvalue weighted by Crippen LogP contribution is -2.50. The number of carbonyl (C=O) groups excluding carboxylic acids is 1. The quantitative estimate of drug-likeness (QED) is 0.660. The predicted molar refractivity (Wildman–Crippen MR) is 52.0 cm³/mol. The molecule has 14 heavy (non-hydrogen) atoms. The number of methoxy groups -OCH3 is 2. The highest BCUT2D eigenvalue weighted by atomic mass is 16.7. The van der Waals surface area contributed by atoms with Gasteiger partial charge in [0.2, 0.25) is 0 Å². The van der Waals surface area contributed by atoms with Gasteiger partial charge in [0.05, 0.1) is 0 Å². The molecule has 0 spiro atoms. The highest BCUT2D eigenvalue weighted by molar-refractivity contribution is 5.73. The van der Waals surface area contributed by atoms with Crippen LogP contribution in [0.1, 0.15) is 12.8 Å². The van der Waals surface area contributed by atoms with E-state index in [1.165, 1.54) is 0 Å². The molecule has 1 N–H and O–H groups in total. The maximum Gasteiger partial charge on any atom is 0.317 e. The van der Waals surface area contributed by atoms with Gasteiger partial charge < -0.3 is 19.7 Å². The first-order valence-electron chi connectivity index (χ1n) is 4.74. The smallest absolute Gasteiger partial charge is 0.317 e. The molecule has 5 heteroatoms. The standard InChI is InChI=1S/C9H18N2O3/c1-10-8(12)11-6-4-9(13-2,14-3)5-7-11/h4-7H2,1-3H3,(H,10,12). The lowest BCUT2D eigenvalue weighted by Gasteiger charge is -2.39. The molecule has 0 unspecified atom stereocenters. The maximum atomic E-state index is 11.3. The summed E-state index contributed by atoms with van der Waals surface area (Å²) in [6, 6.07) is -0.0363. The molecule has 5 nitrogen and oxygen atoms in total. The maximum absolute atomic E-state index is 11.3. The number of hydrogen-bond donors (Lipinski definition) is 1. The second kappa shape index (κ2) is 4.61. The summed E-state index contributed by atoms with van der Waals surface area (Å²) in [6.07, 6.45) is 1.43. The Hall–Kier alpha value is -0.810. The van der Waals surface area contributed by atoms with Crippen LogP contribution >= 0.6 is 0 Å². The van der Waals surface area contributed by atoms with Crippen molar-refractivity contribution in [3.05, 3.63) is 0 Å². The molecule has 82 valence electrons. The van der Waals surface area contributed by atoms with Gasteiger partial charge in [-0.05, 0) is 0 Å². The van der Waals surface area contributed by atoms with Gasteiger partial charge in [-0.2, -0.15) is 0 Å². The van der Waals surface area contributed by atoms with Crippen LogP contribution in [0.4, 0.5) is 4.79 Å². The molecule has 0 bridgehead atoms. The normalized spacial score (nSPS) is 20.6. The SMILES string of the molecule is CNC(=O)N1CCC(OC)(OC)CC1. The Morgan fingerprint density at radius 3 is 2.14 bits per heavy atom. The van der Waals surface area contributed by atoms with Crippen molar-refractivity contribution in [2.24, 2.45) is 0 Å². The molecule has 0 atom stereocenters. The van der Waals surface area contributed by atoms with Gasteiger partial charge in [-0.1, -0.05) is 0 Å². The minimum absolute atomic E-state index is 0.0363. The Balaban J connectivity index is 2.48. The van der Waals surface area contributed by atoms with E-state index in [0.717, 1.165) is 0 Å². The fourth-order valence-electron chi connectivity index (χ4n) is 1.70. The fourth-order valence-corrected chi connectivity index (χ4v) is 1.70. The van der Waals surface area contributed by atoms with E-state index >= 15 is 0 Å². The van der Waals surface area contributed by atoms with Gasteiger partial charge in [-0.25, -0.2) is 4.79 Å². The molecule has 0 saturated carbocycles. The first kappa shape index (κ1) is 11.3. The van der Waals surface area contributed by atoms with Crippen molar-refractivity contribution >= 4 is 6.03 Å². The second-order valence-corrected chi connectivity index (χ2v) is 3.36. The van der Waals surface area contributed by atoms with Crippen molar-refractivity contribution < 1.29 is 14.3 Å². The summed E-state index contributed by atoms with van der Waals surface area (Å²) in [5.74, 6) is -0.496. The molecule has 0 aromatic heterocycles. The number of ether oxygens (including phenoxy) is 2. The third kappa shape index (κ3) is 2.16. The molecule has 1 heterocycles. The highest BCUT2D eigenvalue weighted by Crippen LogP contribution is 2.26. The van der Waals surface area contributed by atoms with Gasteiger partial charge in [0.1, 0.15) is 0 Å². The first-order valence-corrected chi connectivity index (χ1v) is 4.74. The zero-order valence-electron chi connectivity index (χ0n) is 9.00. The second-order valence-electron chi connectivity index (χ2n) is 3.36. The van der Waals surface area contributed by atoms with Crippen molar-refractivity contribution in [3.63, 3.8) is 0 Å². The number of nitrogens with zero attached hydrogens (tertiary/aromatic N) is 1. The molecular weight excluding hydrogens is 184 g/mol. The van der Waals surface area contributed by atoms with E-state index in [1.54, 1.807) is 26.2 Å². The van der Waals surface area contributed by atoms with Crippen LogP contribution in [0.2, 0.25) is 0 Å². The summed E-state index contributed by atoms with van der Waals surface area (Å²) in [5, 5.41) is 2.60. The number of carbonyl (C=O) groups is 1. The van der Waals surface area contributed by atoms with Crippen LogP contribution in [0, 0.1) is 0 Å². The minimum atomic E-state index is -0.496. The number of rotatable bonds is 2. The number of hydrogen-bond acceptors (Lipinski definition) is 3. The summed E-state index contributed by atoms with van der Waals surface area (Å²) in [4.78, 5) is 13.0. The van der Waals surface area contributed by atoms with Crippen LogP contribution in [-0.2, 0) is 9.47 Å². The van der Waals surface area contributed by atoms with Crippen LogP contribution in [0.15, 0.2) is 0 Å². The van der Waals surface area contributed by atoms with Crippen molar-refractivity contribution in [1.29, 1.82) is 0 Å². The van der Waals surface area contributed by atoms with Crippen LogP contribution < -0.4 is 5.32 Å². The van der Waals surface area contributed by atoms with Crippen LogP contribution in [0.3, 0.4) is 0 Å². The van der Waals surface area contributed by atoms with E-state index in [2.05, 4.69) is 5.32 Å². The van der Waals surface area contributed by atoms with Crippen molar-refractivity contribution in [3.8, 4) is 0 Å². The van der Waals surface area contributed by atoms with E-state index in [9.17, 15) is 4.79 Å². The van der Waals surface area contributed by atoms with E-state index in [0.29, 0.717) is 25.9 Å². The van der Waals surface area contributed by atoms with Gasteiger partial charge in [0, 0.05) is 47.2 Å². The molecule has 1 rings (SSSR count). The Bertz CT molecular complexity index is 194. The van der Waals surface area contributed by atoms with E-state index in [1.807, 2.05) is 0 Å². The summed E-state index contributed by atoms with van der Waals surface area (Å²) >= 11 is 0. The number of likely N-dealkylation sites (tertiary alicyclic amines) is 1. The highest BCUT2D eigenvalue weighted by Gasteiger charge is 2.35. The summed E-state index contributed by atoms with van der Waals surface area (Å²) in [6.45, 7) is 1.34. The van der Waals surface area contributed by atoms with Crippen LogP contribution in [0.25, 0.3) is 0 Å². The molecule has 0 aromatic rings. The Kier molecular flexibility index (Phi) is 3.71. The molecular formula is C9H18N2O3. The zero-order valence-corrected chi connectivity index (χ0v) is 9.00. The summed E-state index contributed by atoms with van der Waals surface area (Å²) in [5.41, 5.74) is 0. The largest absolute Gasteiger partial charge is 0.353 e. The minimum Gasteiger partial charge on any atom is -0.353 e. The average molecular weight is 202 g/mol. The van der Waals surface area contributed by atoms with Gasteiger partial charge in [-0.3, -0.25) is 0 Å². The predicted octanol–water partition coefficient (Wildman–Crippen LogP) is 0.411.